The molecule has 0 spiro atoms. The minimum Gasteiger partial charge on any atom is -0.326 e. The molecule has 1 aromatic heterocycles. The van der Waals surface area contributed by atoms with E-state index in [2.05, 4.69) is 23.3 Å². The Morgan fingerprint density at radius 3 is 2.56 bits per heavy atom. The number of nitrogens with two attached hydrogens (primary N) is 1. The number of aromatic nitrogens is 2. The molecular formula is C13H15N3. The van der Waals surface area contributed by atoms with Crippen LogP contribution in [-0.2, 0) is 6.54 Å². The van der Waals surface area contributed by atoms with Crippen LogP contribution in [0, 0.1) is 0 Å². The average molecular weight is 213 g/mol. The molecule has 0 amide bonds. The Bertz CT molecular complexity index is 480. The number of hydrogen-bond acceptors (Lipinski definition) is 2. The summed E-state index contributed by atoms with van der Waals surface area (Å²) in [7, 11) is 0. The molecule has 0 saturated heterocycles. The maximum atomic E-state index is 5.57. The van der Waals surface area contributed by atoms with Gasteiger partial charge in [-0.25, -0.2) is 4.68 Å². The highest BCUT2D eigenvalue weighted by Crippen LogP contribution is 2.38. The molecule has 82 valence electrons. The first-order chi connectivity index (χ1) is 7.86. The van der Waals surface area contributed by atoms with Gasteiger partial charge in [-0.1, -0.05) is 12.1 Å². The Kier molecular flexibility index (Phi) is 2.26. The van der Waals surface area contributed by atoms with Crippen molar-refractivity contribution in [3.8, 4) is 5.69 Å². The number of benzene rings is 1. The molecule has 0 bridgehead atoms. The van der Waals surface area contributed by atoms with Crippen LogP contribution in [0.5, 0.6) is 0 Å². The van der Waals surface area contributed by atoms with Crippen molar-refractivity contribution in [1.29, 1.82) is 0 Å². The molecule has 3 nitrogen and oxygen atoms in total. The van der Waals surface area contributed by atoms with Gasteiger partial charge in [0.15, 0.2) is 0 Å². The van der Waals surface area contributed by atoms with Gasteiger partial charge in [0.05, 0.1) is 11.4 Å². The summed E-state index contributed by atoms with van der Waals surface area (Å²) >= 11 is 0. The van der Waals surface area contributed by atoms with Crippen LogP contribution in [0.25, 0.3) is 5.69 Å². The second-order valence-corrected chi connectivity index (χ2v) is 4.33. The zero-order valence-corrected chi connectivity index (χ0v) is 9.13. The minimum atomic E-state index is 0.590. The topological polar surface area (TPSA) is 43.8 Å². The van der Waals surface area contributed by atoms with Crippen LogP contribution in [0.15, 0.2) is 36.5 Å². The van der Waals surface area contributed by atoms with Crippen LogP contribution in [0.2, 0.25) is 0 Å². The predicted octanol–water partition coefficient (Wildman–Crippen LogP) is 2.21. The normalized spacial score (nSPS) is 15.3. The maximum Gasteiger partial charge on any atom is 0.0659 e. The molecule has 1 saturated carbocycles. The van der Waals surface area contributed by atoms with Gasteiger partial charge in [0, 0.05) is 18.7 Å². The quantitative estimate of drug-likeness (QED) is 0.849. The zero-order valence-electron chi connectivity index (χ0n) is 9.13. The first kappa shape index (κ1) is 9.60. The summed E-state index contributed by atoms with van der Waals surface area (Å²) < 4.78 is 1.94. The van der Waals surface area contributed by atoms with E-state index < -0.39 is 0 Å². The molecule has 0 radical (unpaired) electrons. The summed E-state index contributed by atoms with van der Waals surface area (Å²) in [5.41, 5.74) is 9.05. The van der Waals surface area contributed by atoms with Gasteiger partial charge < -0.3 is 5.73 Å². The van der Waals surface area contributed by atoms with Crippen molar-refractivity contribution >= 4 is 0 Å². The SMILES string of the molecule is NCc1ccc(-n2ccc(C3CC3)n2)cc1. The van der Waals surface area contributed by atoms with E-state index in [1.165, 1.54) is 18.5 Å². The third-order valence-corrected chi connectivity index (χ3v) is 3.04. The Balaban J connectivity index is 1.88. The van der Waals surface area contributed by atoms with Gasteiger partial charge in [0.1, 0.15) is 0 Å². The molecule has 0 atom stereocenters. The highest BCUT2D eigenvalue weighted by atomic mass is 15.3. The van der Waals surface area contributed by atoms with E-state index in [0.717, 1.165) is 11.3 Å². The van der Waals surface area contributed by atoms with Gasteiger partial charge in [0.2, 0.25) is 0 Å². The highest BCUT2D eigenvalue weighted by molar-refractivity contribution is 5.34. The van der Waals surface area contributed by atoms with Gasteiger partial charge in [0.25, 0.3) is 0 Å². The Morgan fingerprint density at radius 2 is 1.94 bits per heavy atom. The van der Waals surface area contributed by atoms with E-state index in [-0.39, 0.29) is 0 Å². The maximum absolute atomic E-state index is 5.57. The van der Waals surface area contributed by atoms with Crippen LogP contribution >= 0.6 is 0 Å². The lowest BCUT2D eigenvalue weighted by Crippen LogP contribution is -1.98. The summed E-state index contributed by atoms with van der Waals surface area (Å²) in [6.07, 6.45) is 4.62. The molecule has 3 heteroatoms. The van der Waals surface area contributed by atoms with E-state index >= 15 is 0 Å². The van der Waals surface area contributed by atoms with Crippen molar-refractivity contribution in [3.05, 3.63) is 47.8 Å². The smallest absolute Gasteiger partial charge is 0.0659 e. The number of rotatable bonds is 3. The molecule has 1 fully saturated rings. The lowest BCUT2D eigenvalue weighted by molar-refractivity contribution is 0.836. The lowest BCUT2D eigenvalue weighted by Gasteiger charge is -2.02. The van der Waals surface area contributed by atoms with Gasteiger partial charge >= 0.3 is 0 Å². The molecule has 16 heavy (non-hydrogen) atoms. The van der Waals surface area contributed by atoms with E-state index in [1.54, 1.807) is 0 Å². The fraction of sp³-hybridized carbons (Fsp3) is 0.308. The molecule has 1 aliphatic rings. The standard InChI is InChI=1S/C13H15N3/c14-9-10-1-5-12(6-2-10)16-8-7-13(15-16)11-3-4-11/h1-2,5-8,11H,3-4,9,14H2. The van der Waals surface area contributed by atoms with Crippen molar-refractivity contribution in [3.63, 3.8) is 0 Å². The lowest BCUT2D eigenvalue weighted by atomic mass is 10.2. The average Bonchev–Trinajstić information content (AvgIpc) is 3.08. The molecule has 1 aliphatic carbocycles. The monoisotopic (exact) mass is 213 g/mol. The summed E-state index contributed by atoms with van der Waals surface area (Å²) in [5.74, 6) is 0.713. The molecule has 1 aromatic carbocycles. The number of hydrogen-bond donors (Lipinski definition) is 1. The Labute approximate surface area is 94.9 Å². The van der Waals surface area contributed by atoms with Gasteiger partial charge in [-0.05, 0) is 36.6 Å². The van der Waals surface area contributed by atoms with Gasteiger partial charge in [-0.3, -0.25) is 0 Å². The molecule has 1 heterocycles. The van der Waals surface area contributed by atoms with Crippen LogP contribution in [0.3, 0.4) is 0 Å². The predicted molar refractivity (Wildman–Crippen MR) is 63.4 cm³/mol. The fourth-order valence-electron chi connectivity index (χ4n) is 1.86. The highest BCUT2D eigenvalue weighted by Gasteiger charge is 2.25. The van der Waals surface area contributed by atoms with Crippen LogP contribution in [-0.4, -0.2) is 9.78 Å². The Hall–Kier alpha value is -1.61. The second-order valence-electron chi connectivity index (χ2n) is 4.33. The fourth-order valence-corrected chi connectivity index (χ4v) is 1.86. The molecular weight excluding hydrogens is 198 g/mol. The van der Waals surface area contributed by atoms with E-state index in [9.17, 15) is 0 Å². The van der Waals surface area contributed by atoms with Crippen molar-refractivity contribution in [1.82, 2.24) is 9.78 Å². The van der Waals surface area contributed by atoms with E-state index in [0.29, 0.717) is 12.5 Å². The van der Waals surface area contributed by atoms with Crippen LogP contribution in [0.1, 0.15) is 30.0 Å². The minimum absolute atomic E-state index is 0.590. The van der Waals surface area contributed by atoms with E-state index in [4.69, 9.17) is 5.73 Å². The van der Waals surface area contributed by atoms with Crippen LogP contribution in [0.4, 0.5) is 0 Å². The Morgan fingerprint density at radius 1 is 1.19 bits per heavy atom. The number of nitrogens with zero attached hydrogens (tertiary/aromatic N) is 2. The van der Waals surface area contributed by atoms with Crippen molar-refractivity contribution in [2.45, 2.75) is 25.3 Å². The van der Waals surface area contributed by atoms with Crippen molar-refractivity contribution in [2.75, 3.05) is 0 Å². The first-order valence-corrected chi connectivity index (χ1v) is 5.72. The molecule has 3 rings (SSSR count). The zero-order chi connectivity index (χ0) is 11.0. The summed E-state index contributed by atoms with van der Waals surface area (Å²) in [6, 6.07) is 10.3. The summed E-state index contributed by atoms with van der Waals surface area (Å²) in [4.78, 5) is 0. The summed E-state index contributed by atoms with van der Waals surface area (Å²) in [5, 5.41) is 4.58. The van der Waals surface area contributed by atoms with E-state index in [1.807, 2.05) is 23.0 Å². The van der Waals surface area contributed by atoms with Crippen LogP contribution < -0.4 is 5.73 Å². The largest absolute Gasteiger partial charge is 0.326 e. The summed E-state index contributed by atoms with van der Waals surface area (Å²) in [6.45, 7) is 0.590. The molecule has 0 aliphatic heterocycles. The third-order valence-electron chi connectivity index (χ3n) is 3.04. The second kappa shape index (κ2) is 3.76. The van der Waals surface area contributed by atoms with Crippen molar-refractivity contribution in [2.24, 2.45) is 5.73 Å². The molecule has 0 unspecified atom stereocenters. The van der Waals surface area contributed by atoms with Crippen molar-refractivity contribution < 1.29 is 0 Å². The first-order valence-electron chi connectivity index (χ1n) is 5.72. The van der Waals surface area contributed by atoms with Gasteiger partial charge in [-0.15, -0.1) is 0 Å². The molecule has 2 N–H and O–H groups in total. The molecule has 2 aromatic rings. The third kappa shape index (κ3) is 1.74. The van der Waals surface area contributed by atoms with Gasteiger partial charge in [-0.2, -0.15) is 5.10 Å².